The van der Waals surface area contributed by atoms with Gasteiger partial charge in [0.25, 0.3) is 0 Å². The largest absolute Gasteiger partial charge is 0.485 e. The fourth-order valence-corrected chi connectivity index (χ4v) is 8.78. The van der Waals surface area contributed by atoms with Crippen molar-refractivity contribution in [1.29, 1.82) is 0 Å². The molecule has 1 aliphatic heterocycles. The molecular formula is C43H46F2N12O3S. The highest BCUT2D eigenvalue weighted by Crippen LogP contribution is 2.37. The molecule has 8 rings (SSSR count). The summed E-state index contributed by atoms with van der Waals surface area (Å²) in [5.41, 5.74) is 4.53. The molecule has 1 fully saturated rings. The number of hydrogen-bond acceptors (Lipinski definition) is 11. The van der Waals surface area contributed by atoms with E-state index in [1.165, 1.54) is 32.6 Å². The summed E-state index contributed by atoms with van der Waals surface area (Å²) in [5, 5.41) is 22.2. The minimum absolute atomic E-state index is 0.0173. The summed E-state index contributed by atoms with van der Waals surface area (Å²) in [5.74, 6) is 0.0480. The number of rotatable bonds is 16. The maximum absolute atomic E-state index is 16.2. The molecule has 1 aliphatic rings. The molecule has 15 nitrogen and oxygen atoms in total. The quantitative estimate of drug-likeness (QED) is 0.0873. The van der Waals surface area contributed by atoms with Crippen molar-refractivity contribution in [2.24, 2.45) is 7.05 Å². The van der Waals surface area contributed by atoms with E-state index in [1.54, 1.807) is 38.6 Å². The Bertz CT molecular complexity index is 2740. The number of hydrogen-bond donors (Lipinski definition) is 3. The number of amides is 1. The molecule has 61 heavy (non-hydrogen) atoms. The van der Waals surface area contributed by atoms with E-state index in [-0.39, 0.29) is 29.5 Å². The van der Waals surface area contributed by atoms with Gasteiger partial charge in [-0.1, -0.05) is 24.8 Å². The van der Waals surface area contributed by atoms with E-state index in [1.807, 2.05) is 44.2 Å². The van der Waals surface area contributed by atoms with Crippen LogP contribution in [0.4, 0.5) is 26.2 Å². The van der Waals surface area contributed by atoms with Gasteiger partial charge in [0, 0.05) is 66.2 Å². The Morgan fingerprint density at radius 3 is 2.64 bits per heavy atom. The van der Waals surface area contributed by atoms with Crippen LogP contribution in [-0.4, -0.2) is 87.9 Å². The van der Waals surface area contributed by atoms with Crippen LogP contribution in [0.25, 0.3) is 27.8 Å². The summed E-state index contributed by atoms with van der Waals surface area (Å²) in [6, 6.07) is 15.6. The zero-order valence-electron chi connectivity index (χ0n) is 34.2. The summed E-state index contributed by atoms with van der Waals surface area (Å²) in [6.45, 7) is 10.2. The highest BCUT2D eigenvalue weighted by atomic mass is 32.2. The van der Waals surface area contributed by atoms with Crippen LogP contribution < -0.4 is 20.3 Å². The molecule has 5 heterocycles. The summed E-state index contributed by atoms with van der Waals surface area (Å²) >= 11 is 0. The van der Waals surface area contributed by atoms with Gasteiger partial charge in [-0.25, -0.2) is 18.0 Å². The van der Waals surface area contributed by atoms with Crippen molar-refractivity contribution >= 4 is 51.2 Å². The van der Waals surface area contributed by atoms with Crippen LogP contribution in [0.2, 0.25) is 0 Å². The minimum Gasteiger partial charge on any atom is -0.485 e. The van der Waals surface area contributed by atoms with Gasteiger partial charge >= 0.3 is 0 Å². The molecule has 316 valence electrons. The van der Waals surface area contributed by atoms with Gasteiger partial charge in [-0.15, -0.1) is 5.10 Å². The number of ether oxygens (including phenoxy) is 1. The number of aryl methyl sites for hydroxylation is 1. The van der Waals surface area contributed by atoms with E-state index >= 15 is 8.78 Å². The van der Waals surface area contributed by atoms with E-state index < -0.39 is 16.6 Å². The Balaban J connectivity index is 0.909. The first-order valence-corrected chi connectivity index (χ1v) is 21.1. The molecule has 0 bridgehead atoms. The van der Waals surface area contributed by atoms with Gasteiger partial charge in [0.05, 0.1) is 28.8 Å². The molecule has 7 aromatic rings. The Labute approximate surface area is 353 Å². The van der Waals surface area contributed by atoms with Gasteiger partial charge in [-0.05, 0) is 93.2 Å². The first-order chi connectivity index (χ1) is 29.5. The number of nitrogens with one attached hydrogen (secondary N) is 3. The minimum atomic E-state index is -1.65. The molecule has 0 spiro atoms. The Morgan fingerprint density at radius 1 is 1.11 bits per heavy atom. The van der Waals surface area contributed by atoms with Crippen LogP contribution in [0.3, 0.4) is 0 Å². The second-order valence-electron chi connectivity index (χ2n) is 15.2. The van der Waals surface area contributed by atoms with E-state index in [2.05, 4.69) is 52.5 Å². The Kier molecular flexibility index (Phi) is 11.9. The van der Waals surface area contributed by atoms with Crippen LogP contribution in [0.15, 0.2) is 95.4 Å². The molecule has 3 aromatic carbocycles. The molecule has 4 aromatic heterocycles. The molecule has 1 amide bonds. The number of carbonyl (C=O) groups excluding carboxylic acids is 1. The van der Waals surface area contributed by atoms with Gasteiger partial charge in [0.2, 0.25) is 18.0 Å². The van der Waals surface area contributed by atoms with E-state index in [4.69, 9.17) is 4.74 Å². The third-order valence-electron chi connectivity index (χ3n) is 10.8. The third-order valence-corrected chi connectivity index (χ3v) is 12.1. The summed E-state index contributed by atoms with van der Waals surface area (Å²) in [4.78, 5) is 25.7. The number of carbonyl (C=O) groups is 1. The smallest absolute Gasteiger partial charge is 0.247 e. The number of H-pyrrole nitrogens is 1. The molecule has 0 saturated carbocycles. The lowest BCUT2D eigenvalue weighted by Crippen LogP contribution is -2.32. The number of fused-ring (bicyclic) bond motifs is 2. The standard InChI is InChI=1S/C43H46F2N12O3S/c1-26(2)60-40-38(30-21-48-49-22-30)47-24-57-42(40)51-43(53-57)50-36-12-9-32(20-35(36)44)61(59)31-8-6-7-28(19-31)23-55-16-14-29(15-17-55)33-10-11-34-39(37(33)45)54(5)52-41(34)56(25-58)18-13-27(3)46-4/h6-12,19-22,24-26,29,46H,3,13-18,23H2,1-2,4-5H3,(H,48,49)(H,50,53). The summed E-state index contributed by atoms with van der Waals surface area (Å²) in [6.07, 6.45) is 7.42. The molecule has 3 N–H and O–H groups in total. The van der Waals surface area contributed by atoms with Crippen molar-refractivity contribution in [1.82, 2.24) is 49.8 Å². The summed E-state index contributed by atoms with van der Waals surface area (Å²) < 4.78 is 54.5. The number of halogens is 2. The zero-order valence-corrected chi connectivity index (χ0v) is 35.0. The van der Waals surface area contributed by atoms with Gasteiger partial charge in [0.15, 0.2) is 17.4 Å². The summed E-state index contributed by atoms with van der Waals surface area (Å²) in [7, 11) is 1.82. The maximum Gasteiger partial charge on any atom is 0.247 e. The number of aromatic amines is 1. The average Bonchev–Trinajstić information content (AvgIpc) is 4.02. The van der Waals surface area contributed by atoms with Crippen molar-refractivity contribution in [3.05, 3.63) is 108 Å². The Morgan fingerprint density at radius 2 is 1.92 bits per heavy atom. The highest BCUT2D eigenvalue weighted by Gasteiger charge is 2.27. The first-order valence-electron chi connectivity index (χ1n) is 19.9. The third kappa shape index (κ3) is 8.58. The number of nitrogens with zero attached hydrogens (tertiary/aromatic N) is 9. The second-order valence-corrected chi connectivity index (χ2v) is 16.7. The Hall–Kier alpha value is -6.53. The normalized spacial score (nSPS) is 14.1. The molecule has 0 radical (unpaired) electrons. The van der Waals surface area contributed by atoms with Gasteiger partial charge in [-0.3, -0.25) is 24.4 Å². The van der Waals surface area contributed by atoms with Crippen LogP contribution in [0.1, 0.15) is 50.2 Å². The lowest BCUT2D eigenvalue weighted by Gasteiger charge is -2.32. The number of likely N-dealkylation sites (tertiary alicyclic amines) is 1. The van der Waals surface area contributed by atoms with Crippen molar-refractivity contribution in [3.8, 4) is 17.0 Å². The van der Waals surface area contributed by atoms with E-state index in [0.29, 0.717) is 74.2 Å². The van der Waals surface area contributed by atoms with Crippen LogP contribution in [0, 0.1) is 11.6 Å². The second kappa shape index (κ2) is 17.6. The number of anilines is 3. The first kappa shape index (κ1) is 41.2. The fourth-order valence-electron chi connectivity index (χ4n) is 7.65. The van der Waals surface area contributed by atoms with Gasteiger partial charge < -0.3 is 15.4 Å². The van der Waals surface area contributed by atoms with Gasteiger partial charge in [-0.2, -0.15) is 19.7 Å². The van der Waals surface area contributed by atoms with Crippen molar-refractivity contribution in [3.63, 3.8) is 0 Å². The van der Waals surface area contributed by atoms with Crippen LogP contribution in [0.5, 0.6) is 5.75 Å². The molecule has 18 heteroatoms. The monoisotopic (exact) mass is 848 g/mol. The van der Waals surface area contributed by atoms with E-state index in [0.717, 1.165) is 43.6 Å². The lowest BCUT2D eigenvalue weighted by molar-refractivity contribution is -0.107. The number of benzene rings is 3. The topological polar surface area (TPSA) is 163 Å². The number of piperidine rings is 1. The SMILES string of the molecule is C=C(CCN(C=O)c1nn(C)c2c(F)c(C3CCN(Cc4cccc(S(=O)c5ccc(Nc6nc7c(OC(C)C)c(-c8cn[nH]c8)ncn7n6)c(F)c5)c4)CC3)ccc12)NC. The van der Waals surface area contributed by atoms with Crippen molar-refractivity contribution in [2.45, 2.75) is 61.5 Å². The predicted molar refractivity (Wildman–Crippen MR) is 229 cm³/mol. The van der Waals surface area contributed by atoms with Crippen molar-refractivity contribution in [2.75, 3.05) is 36.9 Å². The maximum atomic E-state index is 16.2. The fraction of sp³-hybridized carbons (Fsp3) is 0.302. The molecule has 1 atom stereocenters. The van der Waals surface area contributed by atoms with E-state index in [9.17, 15) is 9.00 Å². The van der Waals surface area contributed by atoms with Crippen LogP contribution >= 0.6 is 0 Å². The lowest BCUT2D eigenvalue weighted by atomic mass is 9.88. The number of aromatic nitrogens is 8. The molecule has 1 unspecified atom stereocenters. The highest BCUT2D eigenvalue weighted by molar-refractivity contribution is 7.85. The predicted octanol–water partition coefficient (Wildman–Crippen LogP) is 6.84. The van der Waals surface area contributed by atoms with Gasteiger partial charge in [0.1, 0.15) is 23.4 Å². The van der Waals surface area contributed by atoms with Crippen LogP contribution in [-0.2, 0) is 29.2 Å². The average molecular weight is 849 g/mol. The van der Waals surface area contributed by atoms with Crippen molar-refractivity contribution < 1.29 is 22.5 Å². The molecule has 0 aliphatic carbocycles. The zero-order chi connectivity index (χ0) is 42.8. The molecule has 1 saturated heterocycles. The molecular weight excluding hydrogens is 803 g/mol.